The van der Waals surface area contributed by atoms with Gasteiger partial charge in [-0.15, -0.1) is 0 Å². The molecule has 3 amide bonds. The summed E-state index contributed by atoms with van der Waals surface area (Å²) < 4.78 is 11.3. The molecule has 7 nitrogen and oxygen atoms in total. The molecule has 0 unspecified atom stereocenters. The molecule has 0 aliphatic rings. The van der Waals surface area contributed by atoms with Crippen LogP contribution in [-0.2, 0) is 4.79 Å². The Kier molecular flexibility index (Phi) is 5.80. The normalized spacial score (nSPS) is 10.9. The maximum Gasteiger partial charge on any atom is 0.312 e. The van der Waals surface area contributed by atoms with Crippen molar-refractivity contribution in [2.24, 2.45) is 5.73 Å². The number of nitrogens with two attached hydrogens (primary N) is 1. The van der Waals surface area contributed by atoms with Crippen molar-refractivity contribution in [2.45, 2.75) is 25.7 Å². The quantitative estimate of drug-likeness (QED) is 0.526. The number of furan rings is 1. The minimum Gasteiger partial charge on any atom is -0.495 e. The average Bonchev–Trinajstić information content (AvgIpc) is 3.01. The molecule has 142 valence electrons. The summed E-state index contributed by atoms with van der Waals surface area (Å²) in [7, 11) is 1.57. The number of carbonyl (C=O) groups excluding carboxylic acids is 2. The van der Waals surface area contributed by atoms with E-state index in [0.29, 0.717) is 30.0 Å². The third-order valence-corrected chi connectivity index (χ3v) is 4.35. The molecule has 0 saturated heterocycles. The van der Waals surface area contributed by atoms with Gasteiger partial charge in [-0.05, 0) is 25.0 Å². The Morgan fingerprint density at radius 1 is 1.07 bits per heavy atom. The number of primary amides is 1. The fourth-order valence-corrected chi connectivity index (χ4v) is 3.03. The van der Waals surface area contributed by atoms with Crippen LogP contribution in [0.15, 0.2) is 40.8 Å². The lowest BCUT2D eigenvalue weighted by Crippen LogP contribution is -2.29. The summed E-state index contributed by atoms with van der Waals surface area (Å²) in [5.41, 5.74) is 7.08. The van der Waals surface area contributed by atoms with Crippen LogP contribution in [0.5, 0.6) is 5.75 Å². The van der Waals surface area contributed by atoms with E-state index in [2.05, 4.69) is 10.6 Å². The van der Waals surface area contributed by atoms with Gasteiger partial charge in [0.15, 0.2) is 0 Å². The minimum atomic E-state index is -0.527. The summed E-state index contributed by atoms with van der Waals surface area (Å²) >= 11 is 0. The van der Waals surface area contributed by atoms with Gasteiger partial charge >= 0.3 is 6.03 Å². The van der Waals surface area contributed by atoms with Crippen molar-refractivity contribution < 1.29 is 18.7 Å². The van der Waals surface area contributed by atoms with Crippen molar-refractivity contribution in [2.75, 3.05) is 19.0 Å². The van der Waals surface area contributed by atoms with Crippen LogP contribution in [0.25, 0.3) is 21.9 Å². The summed E-state index contributed by atoms with van der Waals surface area (Å²) in [6, 6.07) is 10.9. The number of rotatable bonds is 8. The van der Waals surface area contributed by atoms with Gasteiger partial charge in [0, 0.05) is 29.8 Å². The Labute approximate surface area is 156 Å². The first kappa shape index (κ1) is 18.6. The van der Waals surface area contributed by atoms with Crippen molar-refractivity contribution in [3.05, 3.63) is 36.4 Å². The van der Waals surface area contributed by atoms with Gasteiger partial charge < -0.3 is 25.5 Å². The molecule has 1 aromatic heterocycles. The molecule has 4 N–H and O–H groups in total. The fraction of sp³-hybridized carbons (Fsp3) is 0.300. The first-order valence-electron chi connectivity index (χ1n) is 8.91. The molecule has 0 bridgehead atoms. The number of methoxy groups -OCH3 is 1. The van der Waals surface area contributed by atoms with E-state index in [-0.39, 0.29) is 5.91 Å². The molecule has 0 fully saturated rings. The van der Waals surface area contributed by atoms with Gasteiger partial charge in [-0.2, -0.15) is 0 Å². The second kappa shape index (κ2) is 8.44. The third-order valence-electron chi connectivity index (χ3n) is 4.35. The van der Waals surface area contributed by atoms with Gasteiger partial charge in [0.05, 0.1) is 12.8 Å². The van der Waals surface area contributed by atoms with Crippen LogP contribution >= 0.6 is 0 Å². The van der Waals surface area contributed by atoms with Crippen LogP contribution in [0.1, 0.15) is 25.7 Å². The third kappa shape index (κ3) is 4.49. The number of nitrogens with one attached hydrogen (secondary N) is 2. The lowest BCUT2D eigenvalue weighted by Gasteiger charge is -2.10. The molecular weight excluding hydrogens is 346 g/mol. The predicted octanol–water partition coefficient (Wildman–Crippen LogP) is 3.76. The van der Waals surface area contributed by atoms with E-state index in [1.54, 1.807) is 13.2 Å². The zero-order valence-electron chi connectivity index (χ0n) is 15.2. The van der Waals surface area contributed by atoms with Crippen LogP contribution in [0, 0.1) is 0 Å². The second-order valence-electron chi connectivity index (χ2n) is 6.30. The zero-order chi connectivity index (χ0) is 19.2. The predicted molar refractivity (Wildman–Crippen MR) is 105 cm³/mol. The maximum atomic E-state index is 12.2. The molecule has 0 spiro atoms. The van der Waals surface area contributed by atoms with Gasteiger partial charge in [-0.1, -0.05) is 24.6 Å². The summed E-state index contributed by atoms with van der Waals surface area (Å²) in [5.74, 6) is 0.500. The summed E-state index contributed by atoms with van der Waals surface area (Å²) in [6.07, 6.45) is 2.72. The topological polar surface area (TPSA) is 107 Å². The number of hydrogen-bond donors (Lipinski definition) is 3. The van der Waals surface area contributed by atoms with Gasteiger partial charge in [0.1, 0.15) is 16.9 Å². The molecule has 0 aliphatic carbocycles. The first-order valence-corrected chi connectivity index (χ1v) is 8.91. The lowest BCUT2D eigenvalue weighted by atomic mass is 10.1. The SMILES string of the molecule is COc1cc2c(cc1NC(=O)CCCCCNC(N)=O)oc1ccccc12. The largest absolute Gasteiger partial charge is 0.495 e. The molecular formula is C20H23N3O4. The lowest BCUT2D eigenvalue weighted by molar-refractivity contribution is -0.116. The number of unbranched alkanes of at least 4 members (excludes halogenated alkanes) is 2. The highest BCUT2D eigenvalue weighted by Gasteiger charge is 2.14. The Morgan fingerprint density at radius 3 is 2.67 bits per heavy atom. The van der Waals surface area contributed by atoms with E-state index in [0.717, 1.165) is 35.6 Å². The Balaban J connectivity index is 1.64. The maximum absolute atomic E-state index is 12.2. The Bertz CT molecular complexity index is 964. The molecule has 27 heavy (non-hydrogen) atoms. The average molecular weight is 369 g/mol. The number of ether oxygens (including phenoxy) is 1. The Hall–Kier alpha value is -3.22. The summed E-state index contributed by atoms with van der Waals surface area (Å²) in [6.45, 7) is 0.521. The fourth-order valence-electron chi connectivity index (χ4n) is 3.03. The summed E-state index contributed by atoms with van der Waals surface area (Å²) in [4.78, 5) is 22.8. The standard InChI is InChI=1S/C20H23N3O4/c1-26-18-11-14-13-7-4-5-8-16(13)27-17(14)12-15(18)23-19(24)9-3-2-6-10-22-20(21)25/h4-5,7-8,11-12H,2-3,6,9-10H2,1H3,(H,23,24)(H3,21,22,25). The molecule has 0 saturated carbocycles. The molecule has 0 radical (unpaired) electrons. The van der Waals surface area contributed by atoms with Crippen molar-refractivity contribution in [1.29, 1.82) is 0 Å². The number of para-hydroxylation sites is 1. The molecule has 2 aromatic carbocycles. The number of anilines is 1. The molecule has 3 aromatic rings. The van der Waals surface area contributed by atoms with E-state index in [1.165, 1.54) is 0 Å². The zero-order valence-corrected chi connectivity index (χ0v) is 15.2. The van der Waals surface area contributed by atoms with Crippen molar-refractivity contribution in [3.8, 4) is 5.75 Å². The highest BCUT2D eigenvalue weighted by Crippen LogP contribution is 2.36. The monoisotopic (exact) mass is 369 g/mol. The first-order chi connectivity index (χ1) is 13.1. The molecule has 0 aliphatic heterocycles. The van der Waals surface area contributed by atoms with Gasteiger partial charge in [0.25, 0.3) is 0 Å². The van der Waals surface area contributed by atoms with Crippen molar-refractivity contribution in [1.82, 2.24) is 5.32 Å². The summed E-state index contributed by atoms with van der Waals surface area (Å²) in [5, 5.41) is 7.38. The number of amides is 3. The number of fused-ring (bicyclic) bond motifs is 3. The van der Waals surface area contributed by atoms with Crippen LogP contribution in [0.3, 0.4) is 0 Å². The van der Waals surface area contributed by atoms with E-state index >= 15 is 0 Å². The van der Waals surface area contributed by atoms with Gasteiger partial charge in [-0.3, -0.25) is 4.79 Å². The number of benzene rings is 2. The van der Waals surface area contributed by atoms with Gasteiger partial charge in [-0.25, -0.2) is 4.79 Å². The smallest absolute Gasteiger partial charge is 0.312 e. The highest BCUT2D eigenvalue weighted by atomic mass is 16.5. The molecule has 7 heteroatoms. The van der Waals surface area contributed by atoms with Crippen molar-refractivity contribution in [3.63, 3.8) is 0 Å². The van der Waals surface area contributed by atoms with Crippen molar-refractivity contribution >= 4 is 39.6 Å². The van der Waals surface area contributed by atoms with Crippen LogP contribution < -0.4 is 21.1 Å². The van der Waals surface area contributed by atoms with Gasteiger partial charge in [0.2, 0.25) is 5.91 Å². The van der Waals surface area contributed by atoms with E-state index in [4.69, 9.17) is 14.9 Å². The Morgan fingerprint density at radius 2 is 1.89 bits per heavy atom. The second-order valence-corrected chi connectivity index (χ2v) is 6.30. The van der Waals surface area contributed by atoms with Crippen LogP contribution in [0.2, 0.25) is 0 Å². The van der Waals surface area contributed by atoms with E-state index in [1.807, 2.05) is 30.3 Å². The molecule has 3 rings (SSSR count). The van der Waals surface area contributed by atoms with E-state index < -0.39 is 6.03 Å². The molecule has 1 heterocycles. The molecule has 0 atom stereocenters. The number of hydrogen-bond acceptors (Lipinski definition) is 4. The highest BCUT2D eigenvalue weighted by molar-refractivity contribution is 6.07. The minimum absolute atomic E-state index is 0.0911. The number of urea groups is 1. The van der Waals surface area contributed by atoms with E-state index in [9.17, 15) is 9.59 Å². The van der Waals surface area contributed by atoms with Crippen LogP contribution in [0.4, 0.5) is 10.5 Å². The number of carbonyl (C=O) groups is 2. The van der Waals surface area contributed by atoms with Crippen LogP contribution in [-0.4, -0.2) is 25.6 Å².